The third-order valence-corrected chi connectivity index (χ3v) is 4.41. The molecule has 0 atom stereocenters. The van der Waals surface area contributed by atoms with Crippen molar-refractivity contribution in [2.45, 2.75) is 6.92 Å². The van der Waals surface area contributed by atoms with Gasteiger partial charge in [-0.25, -0.2) is 0 Å². The molecule has 0 bridgehead atoms. The predicted molar refractivity (Wildman–Crippen MR) is 113 cm³/mol. The lowest BCUT2D eigenvalue weighted by molar-refractivity contribution is 0.102. The van der Waals surface area contributed by atoms with Crippen molar-refractivity contribution >= 4 is 45.1 Å². The molecule has 2 aromatic heterocycles. The second-order valence-corrected chi connectivity index (χ2v) is 6.43. The number of hydrogen-bond acceptors (Lipinski definition) is 3. The van der Waals surface area contributed by atoms with Gasteiger partial charge in [0.25, 0.3) is 5.91 Å². The Balaban J connectivity index is 1.59. The lowest BCUT2D eigenvalue weighted by Crippen LogP contribution is -2.22. The highest BCUT2D eigenvalue weighted by molar-refractivity contribution is 6.08. The molecule has 0 saturated carbocycles. The molecule has 0 radical (unpaired) electrons. The van der Waals surface area contributed by atoms with Gasteiger partial charge in [-0.2, -0.15) is 5.10 Å². The number of anilines is 1. The van der Waals surface area contributed by atoms with Crippen molar-refractivity contribution in [3.8, 4) is 0 Å². The third-order valence-electron chi connectivity index (χ3n) is 4.41. The average Bonchev–Trinajstić information content (AvgIpc) is 3.31. The largest absolute Gasteiger partial charge is 0.369 e. The van der Waals surface area contributed by atoms with Crippen LogP contribution >= 0.6 is 0 Å². The lowest BCUT2D eigenvalue weighted by atomic mass is 10.1. The number of amides is 1. The maximum atomic E-state index is 12.6. The summed E-state index contributed by atoms with van der Waals surface area (Å²) in [5, 5.41) is 12.5. The third kappa shape index (κ3) is 3.43. The van der Waals surface area contributed by atoms with E-state index in [0.717, 1.165) is 33.1 Å². The van der Waals surface area contributed by atoms with E-state index >= 15 is 0 Å². The molecule has 2 heterocycles. The molecule has 0 fully saturated rings. The number of aromatic nitrogens is 2. The minimum atomic E-state index is -0.213. The van der Waals surface area contributed by atoms with E-state index in [4.69, 9.17) is 11.5 Å². The zero-order chi connectivity index (χ0) is 19.7. The van der Waals surface area contributed by atoms with Gasteiger partial charge in [-0.05, 0) is 54.3 Å². The van der Waals surface area contributed by atoms with Crippen LogP contribution in [0.15, 0.2) is 64.9 Å². The van der Waals surface area contributed by atoms with Crippen molar-refractivity contribution in [3.05, 3.63) is 66.0 Å². The number of fused-ring (bicyclic) bond motifs is 2. The molecule has 140 valence electrons. The molecular weight excluding hydrogens is 354 g/mol. The van der Waals surface area contributed by atoms with Crippen LogP contribution < -0.4 is 16.8 Å². The Hall–Kier alpha value is -4.07. The number of nitrogens with two attached hydrogens (primary N) is 2. The van der Waals surface area contributed by atoms with Gasteiger partial charge in [-0.3, -0.25) is 4.79 Å². The quantitative estimate of drug-likeness (QED) is 0.214. The van der Waals surface area contributed by atoms with Gasteiger partial charge in [0.1, 0.15) is 5.69 Å². The van der Waals surface area contributed by atoms with E-state index in [1.54, 1.807) is 6.07 Å². The molecule has 8 heteroatoms. The number of aromatic amines is 2. The van der Waals surface area contributed by atoms with Crippen LogP contribution in [0.5, 0.6) is 0 Å². The Bertz CT molecular complexity index is 1240. The highest BCUT2D eigenvalue weighted by Crippen LogP contribution is 2.21. The molecule has 4 aromatic rings. The van der Waals surface area contributed by atoms with Gasteiger partial charge in [0, 0.05) is 28.3 Å². The summed E-state index contributed by atoms with van der Waals surface area (Å²) >= 11 is 0. The molecule has 0 aliphatic carbocycles. The smallest absolute Gasteiger partial charge is 0.272 e. The number of rotatable bonds is 4. The highest BCUT2D eigenvalue weighted by atomic mass is 16.1. The number of nitrogens with zero attached hydrogens (tertiary/aromatic N) is 2. The van der Waals surface area contributed by atoms with Crippen LogP contribution in [0.2, 0.25) is 0 Å². The summed E-state index contributed by atoms with van der Waals surface area (Å²) < 4.78 is 0. The fourth-order valence-corrected chi connectivity index (χ4v) is 2.99. The molecular formula is C20H19N7O. The molecule has 0 spiro atoms. The van der Waals surface area contributed by atoms with E-state index in [1.165, 1.54) is 0 Å². The monoisotopic (exact) mass is 373 g/mol. The first-order valence-electron chi connectivity index (χ1n) is 8.64. The van der Waals surface area contributed by atoms with Crippen LogP contribution in [0.3, 0.4) is 0 Å². The summed E-state index contributed by atoms with van der Waals surface area (Å²) in [6, 6.07) is 15.2. The van der Waals surface area contributed by atoms with Crippen molar-refractivity contribution in [1.82, 2.24) is 9.97 Å². The molecule has 7 N–H and O–H groups in total. The van der Waals surface area contributed by atoms with Crippen molar-refractivity contribution in [3.63, 3.8) is 0 Å². The Kier molecular flexibility index (Phi) is 4.29. The van der Waals surface area contributed by atoms with Gasteiger partial charge in [0.15, 0.2) is 0 Å². The topological polar surface area (TPSA) is 137 Å². The van der Waals surface area contributed by atoms with E-state index in [2.05, 4.69) is 25.5 Å². The number of H-pyrrole nitrogens is 2. The molecule has 1 amide bonds. The summed E-state index contributed by atoms with van der Waals surface area (Å²) in [4.78, 5) is 18.9. The molecule has 4 rings (SSSR count). The van der Waals surface area contributed by atoms with Gasteiger partial charge in [-0.1, -0.05) is 12.1 Å². The summed E-state index contributed by atoms with van der Waals surface area (Å²) in [6.45, 7) is 1.81. The first-order valence-corrected chi connectivity index (χ1v) is 8.64. The Morgan fingerprint density at radius 3 is 2.64 bits per heavy atom. The Labute approximate surface area is 160 Å². The van der Waals surface area contributed by atoms with Gasteiger partial charge in [0.05, 0.1) is 5.71 Å². The van der Waals surface area contributed by atoms with Gasteiger partial charge in [-0.15, -0.1) is 5.10 Å². The zero-order valence-corrected chi connectivity index (χ0v) is 15.2. The maximum absolute atomic E-state index is 12.6. The van der Waals surface area contributed by atoms with Crippen LogP contribution in [0, 0.1) is 0 Å². The normalized spacial score (nSPS) is 11.7. The molecule has 0 aliphatic heterocycles. The second kappa shape index (κ2) is 6.92. The minimum absolute atomic E-state index is 0.0985. The van der Waals surface area contributed by atoms with Crippen molar-refractivity contribution in [2.24, 2.45) is 21.7 Å². The fourth-order valence-electron chi connectivity index (χ4n) is 2.99. The minimum Gasteiger partial charge on any atom is -0.369 e. The fraction of sp³-hybridized carbons (Fsp3) is 0.0500. The van der Waals surface area contributed by atoms with Crippen LogP contribution in [-0.2, 0) is 0 Å². The van der Waals surface area contributed by atoms with Gasteiger partial charge in [0.2, 0.25) is 5.96 Å². The van der Waals surface area contributed by atoms with Gasteiger partial charge >= 0.3 is 0 Å². The Morgan fingerprint density at radius 2 is 1.82 bits per heavy atom. The molecule has 0 saturated heterocycles. The SMILES string of the molecule is C/C(=N\N=C(N)N)c1ccc2[nH]c(C(=O)Nc3ccc4cc[nH]c4c3)cc2c1. The van der Waals surface area contributed by atoms with E-state index in [9.17, 15) is 4.79 Å². The molecule has 0 unspecified atom stereocenters. The first kappa shape index (κ1) is 17.3. The van der Waals surface area contributed by atoms with Crippen LogP contribution in [-0.4, -0.2) is 27.5 Å². The van der Waals surface area contributed by atoms with E-state index in [1.807, 2.05) is 55.6 Å². The molecule has 2 aromatic carbocycles. The summed E-state index contributed by atoms with van der Waals surface area (Å²) in [5.41, 5.74) is 15.1. The zero-order valence-electron chi connectivity index (χ0n) is 15.2. The summed E-state index contributed by atoms with van der Waals surface area (Å²) in [6.07, 6.45) is 1.87. The molecule has 28 heavy (non-hydrogen) atoms. The molecule has 0 aliphatic rings. The summed E-state index contributed by atoms with van der Waals surface area (Å²) in [7, 11) is 0. The number of carbonyl (C=O) groups is 1. The van der Waals surface area contributed by atoms with Gasteiger partial charge < -0.3 is 26.8 Å². The lowest BCUT2D eigenvalue weighted by Gasteiger charge is -2.03. The second-order valence-electron chi connectivity index (χ2n) is 6.43. The highest BCUT2D eigenvalue weighted by Gasteiger charge is 2.11. The maximum Gasteiger partial charge on any atom is 0.272 e. The Morgan fingerprint density at radius 1 is 0.964 bits per heavy atom. The van der Waals surface area contributed by atoms with Crippen LogP contribution in [0.4, 0.5) is 5.69 Å². The average molecular weight is 373 g/mol. The first-order chi connectivity index (χ1) is 13.5. The number of carbonyl (C=O) groups excluding carboxylic acids is 1. The number of benzene rings is 2. The van der Waals surface area contributed by atoms with E-state index in [-0.39, 0.29) is 11.9 Å². The van der Waals surface area contributed by atoms with Crippen molar-refractivity contribution in [2.75, 3.05) is 5.32 Å². The van der Waals surface area contributed by atoms with Crippen LogP contribution in [0.25, 0.3) is 21.8 Å². The number of hydrogen-bond donors (Lipinski definition) is 5. The standard InChI is InChI=1S/C20H19N7O/c1-11(26-27-20(21)22)13-3-5-16-14(8-13)9-18(25-16)19(28)24-15-4-2-12-6-7-23-17(12)10-15/h2-10,23,25H,1H3,(H,24,28)(H4,21,22,27)/b26-11+. The van der Waals surface area contributed by atoms with Crippen molar-refractivity contribution < 1.29 is 4.79 Å². The summed E-state index contributed by atoms with van der Waals surface area (Å²) in [5.74, 6) is -0.312. The van der Waals surface area contributed by atoms with E-state index in [0.29, 0.717) is 11.4 Å². The molecule has 8 nitrogen and oxygen atoms in total. The number of nitrogens with one attached hydrogen (secondary N) is 3. The number of guanidine groups is 1. The van der Waals surface area contributed by atoms with Crippen LogP contribution in [0.1, 0.15) is 23.0 Å². The van der Waals surface area contributed by atoms with Crippen molar-refractivity contribution in [1.29, 1.82) is 0 Å². The van der Waals surface area contributed by atoms with E-state index < -0.39 is 0 Å². The predicted octanol–water partition coefficient (Wildman–Crippen LogP) is 2.90.